The number of likely N-dealkylation sites (tertiary alicyclic amines) is 1. The van der Waals surface area contributed by atoms with Crippen molar-refractivity contribution in [3.05, 3.63) is 35.4 Å². The summed E-state index contributed by atoms with van der Waals surface area (Å²) in [4.78, 5) is 16.9. The molecule has 3 aliphatic rings. The van der Waals surface area contributed by atoms with Crippen LogP contribution in [0.3, 0.4) is 0 Å². The Morgan fingerprint density at radius 1 is 1.18 bits per heavy atom. The van der Waals surface area contributed by atoms with Gasteiger partial charge in [0.15, 0.2) is 0 Å². The molecule has 0 aromatic heterocycles. The normalized spacial score (nSPS) is 27.6. The minimum atomic E-state index is -0.495. The van der Waals surface area contributed by atoms with Gasteiger partial charge in [0.1, 0.15) is 11.6 Å². The first-order valence-corrected chi connectivity index (χ1v) is 10.3. The van der Waals surface area contributed by atoms with Gasteiger partial charge in [-0.1, -0.05) is 19.9 Å². The third-order valence-corrected chi connectivity index (χ3v) is 7.05. The second kappa shape index (κ2) is 7.06. The molecule has 0 bridgehead atoms. The molecule has 1 saturated carbocycles. The highest BCUT2D eigenvalue weighted by Gasteiger charge is 2.53. The molecule has 1 aliphatic carbocycles. The maximum Gasteiger partial charge on any atom is 0.226 e. The van der Waals surface area contributed by atoms with E-state index in [-0.39, 0.29) is 34.4 Å². The van der Waals surface area contributed by atoms with Gasteiger partial charge in [0.2, 0.25) is 5.91 Å². The van der Waals surface area contributed by atoms with Gasteiger partial charge in [0, 0.05) is 43.7 Å². The summed E-state index contributed by atoms with van der Waals surface area (Å²) in [5, 5.41) is 0. The Labute approximate surface area is 165 Å². The zero-order chi connectivity index (χ0) is 20.1. The van der Waals surface area contributed by atoms with Crippen molar-refractivity contribution in [3.8, 4) is 0 Å². The van der Waals surface area contributed by atoms with Gasteiger partial charge in [-0.2, -0.15) is 0 Å². The van der Waals surface area contributed by atoms with Gasteiger partial charge < -0.3 is 9.64 Å². The second-order valence-corrected chi connectivity index (χ2v) is 9.38. The number of hydrogen-bond donors (Lipinski definition) is 0. The quantitative estimate of drug-likeness (QED) is 0.785. The number of benzene rings is 1. The fourth-order valence-corrected chi connectivity index (χ4v) is 4.86. The lowest BCUT2D eigenvalue weighted by Gasteiger charge is -2.48. The van der Waals surface area contributed by atoms with E-state index in [1.807, 2.05) is 11.8 Å². The van der Waals surface area contributed by atoms with E-state index < -0.39 is 11.6 Å². The molecule has 1 aromatic rings. The van der Waals surface area contributed by atoms with Gasteiger partial charge in [0.25, 0.3) is 0 Å². The summed E-state index contributed by atoms with van der Waals surface area (Å²) >= 11 is 0. The van der Waals surface area contributed by atoms with Gasteiger partial charge in [0.05, 0.1) is 12.2 Å². The number of nitrogens with zero attached hydrogens (tertiary/aromatic N) is 2. The average molecular weight is 392 g/mol. The van der Waals surface area contributed by atoms with E-state index in [1.165, 1.54) is 18.2 Å². The van der Waals surface area contributed by atoms with Crippen molar-refractivity contribution in [1.82, 2.24) is 9.80 Å². The van der Waals surface area contributed by atoms with Crippen LogP contribution in [0.5, 0.6) is 0 Å². The Morgan fingerprint density at radius 2 is 1.79 bits per heavy atom. The highest BCUT2D eigenvalue weighted by molar-refractivity contribution is 5.82. The Hall–Kier alpha value is -1.53. The van der Waals surface area contributed by atoms with E-state index in [0.717, 1.165) is 19.3 Å². The number of carbonyl (C=O) groups excluding carboxylic acids is 1. The highest BCUT2D eigenvalue weighted by Crippen LogP contribution is 2.52. The molecule has 2 heterocycles. The zero-order valence-corrected chi connectivity index (χ0v) is 17.0. The minimum Gasteiger partial charge on any atom is -0.371 e. The lowest BCUT2D eigenvalue weighted by Crippen LogP contribution is -2.58. The molecule has 2 atom stereocenters. The molecule has 1 spiro atoms. The molecule has 4 nitrogen and oxygen atoms in total. The smallest absolute Gasteiger partial charge is 0.226 e. The number of ether oxygens (including phenoxy) is 1. The number of halogens is 2. The zero-order valence-electron chi connectivity index (χ0n) is 17.0. The van der Waals surface area contributed by atoms with Crippen LogP contribution < -0.4 is 0 Å². The lowest BCUT2D eigenvalue weighted by atomic mass is 9.87. The molecule has 4 rings (SSSR count). The molecule has 0 radical (unpaired) electrons. The van der Waals surface area contributed by atoms with E-state index in [4.69, 9.17) is 4.74 Å². The van der Waals surface area contributed by atoms with Gasteiger partial charge in [-0.3, -0.25) is 9.69 Å². The maximum absolute atomic E-state index is 14.2. The van der Waals surface area contributed by atoms with Crippen LogP contribution in [0.4, 0.5) is 8.78 Å². The van der Waals surface area contributed by atoms with E-state index in [2.05, 4.69) is 18.7 Å². The van der Waals surface area contributed by atoms with Gasteiger partial charge in [-0.15, -0.1) is 0 Å². The number of piperidine rings is 1. The third-order valence-electron chi connectivity index (χ3n) is 7.05. The number of hydrogen-bond acceptors (Lipinski definition) is 3. The van der Waals surface area contributed by atoms with E-state index >= 15 is 0 Å². The fourth-order valence-electron chi connectivity index (χ4n) is 4.86. The molecule has 0 N–H and O–H groups in total. The molecular formula is C22H30F2N2O2. The summed E-state index contributed by atoms with van der Waals surface area (Å²) in [5.74, 6) is -0.584. The minimum absolute atomic E-state index is 0.130. The van der Waals surface area contributed by atoms with Crippen molar-refractivity contribution < 1.29 is 18.3 Å². The number of morpholine rings is 1. The fraction of sp³-hybridized carbons (Fsp3) is 0.682. The summed E-state index contributed by atoms with van der Waals surface area (Å²) in [6.07, 6.45) is 2.51. The maximum atomic E-state index is 14.2. The molecule has 1 amide bonds. The average Bonchev–Trinajstić information content (AvgIpc) is 3.30. The summed E-state index contributed by atoms with van der Waals surface area (Å²) in [7, 11) is 0. The van der Waals surface area contributed by atoms with Crippen molar-refractivity contribution in [2.24, 2.45) is 11.3 Å². The van der Waals surface area contributed by atoms with Crippen LogP contribution in [0.15, 0.2) is 18.2 Å². The molecular weight excluding hydrogens is 362 g/mol. The van der Waals surface area contributed by atoms with Crippen molar-refractivity contribution in [2.45, 2.75) is 51.7 Å². The van der Waals surface area contributed by atoms with Gasteiger partial charge >= 0.3 is 0 Å². The van der Waals surface area contributed by atoms with Crippen LogP contribution in [-0.2, 0) is 9.53 Å². The van der Waals surface area contributed by atoms with Crippen LogP contribution in [0, 0.1) is 23.0 Å². The van der Waals surface area contributed by atoms with Gasteiger partial charge in [-0.25, -0.2) is 8.78 Å². The predicted molar refractivity (Wildman–Crippen MR) is 103 cm³/mol. The summed E-state index contributed by atoms with van der Waals surface area (Å²) in [6.45, 7) is 9.41. The summed E-state index contributed by atoms with van der Waals surface area (Å²) in [6, 6.07) is 3.70. The SMILES string of the molecule is CC(c1c(F)cccc1F)N1CCC2(CC1)CN(C(=O)C1CC1(C)C)CCO2. The van der Waals surface area contributed by atoms with Crippen LogP contribution in [-0.4, -0.2) is 54.1 Å². The molecule has 1 aromatic carbocycles. The molecule has 154 valence electrons. The van der Waals surface area contributed by atoms with Crippen molar-refractivity contribution in [3.63, 3.8) is 0 Å². The van der Waals surface area contributed by atoms with Crippen molar-refractivity contribution in [1.29, 1.82) is 0 Å². The Balaban J connectivity index is 1.40. The second-order valence-electron chi connectivity index (χ2n) is 9.38. The van der Waals surface area contributed by atoms with E-state index in [1.54, 1.807) is 0 Å². The largest absolute Gasteiger partial charge is 0.371 e. The van der Waals surface area contributed by atoms with E-state index in [0.29, 0.717) is 32.8 Å². The molecule has 2 unspecified atom stereocenters. The number of rotatable bonds is 3. The number of amides is 1. The van der Waals surface area contributed by atoms with E-state index in [9.17, 15) is 13.6 Å². The molecule has 2 aliphatic heterocycles. The first kappa shape index (κ1) is 19.8. The van der Waals surface area contributed by atoms with Crippen LogP contribution in [0.1, 0.15) is 51.6 Å². The predicted octanol–water partition coefficient (Wildman–Crippen LogP) is 3.77. The van der Waals surface area contributed by atoms with Gasteiger partial charge in [-0.05, 0) is 43.7 Å². The first-order chi connectivity index (χ1) is 13.2. The Kier molecular flexibility index (Phi) is 4.99. The molecule has 28 heavy (non-hydrogen) atoms. The first-order valence-electron chi connectivity index (χ1n) is 10.3. The Morgan fingerprint density at radius 3 is 2.36 bits per heavy atom. The molecule has 2 saturated heterocycles. The third kappa shape index (κ3) is 3.57. The van der Waals surface area contributed by atoms with Crippen LogP contribution >= 0.6 is 0 Å². The van der Waals surface area contributed by atoms with Crippen molar-refractivity contribution >= 4 is 5.91 Å². The van der Waals surface area contributed by atoms with Crippen molar-refractivity contribution in [2.75, 3.05) is 32.8 Å². The summed E-state index contributed by atoms with van der Waals surface area (Å²) in [5.41, 5.74) is -0.0574. The van der Waals surface area contributed by atoms with Crippen LogP contribution in [0.2, 0.25) is 0 Å². The standard InChI is InChI=1S/C22H30F2N2O2/c1-15(19-17(23)5-4-6-18(19)24)25-9-7-22(8-10-25)14-26(11-12-28-22)20(27)16-13-21(16,2)3/h4-6,15-16H,7-14H2,1-3H3. The highest BCUT2D eigenvalue weighted by atomic mass is 19.1. The van der Waals surface area contributed by atoms with Crippen LogP contribution in [0.25, 0.3) is 0 Å². The topological polar surface area (TPSA) is 32.8 Å². The lowest BCUT2D eigenvalue weighted by molar-refractivity contribution is -0.162. The summed E-state index contributed by atoms with van der Waals surface area (Å²) < 4.78 is 34.5. The molecule has 3 fully saturated rings. The Bertz CT molecular complexity index is 739. The number of carbonyl (C=O) groups is 1. The molecule has 6 heteroatoms. The monoisotopic (exact) mass is 392 g/mol.